The summed E-state index contributed by atoms with van der Waals surface area (Å²) in [6.07, 6.45) is 1.94. The fraction of sp³-hybridized carbons (Fsp3) is 0.0556. The fourth-order valence-electron chi connectivity index (χ4n) is 2.36. The van der Waals surface area contributed by atoms with E-state index in [1.165, 1.54) is 11.8 Å². The zero-order valence-corrected chi connectivity index (χ0v) is 13.0. The van der Waals surface area contributed by atoms with E-state index in [-0.39, 0.29) is 5.75 Å². The van der Waals surface area contributed by atoms with E-state index in [0.29, 0.717) is 11.3 Å². The van der Waals surface area contributed by atoms with Gasteiger partial charge in [0.25, 0.3) is 0 Å². The van der Waals surface area contributed by atoms with Crippen LogP contribution in [0.5, 0.6) is 5.75 Å². The molecule has 0 amide bonds. The summed E-state index contributed by atoms with van der Waals surface area (Å²) < 4.78 is 0. The van der Waals surface area contributed by atoms with Gasteiger partial charge in [0.1, 0.15) is 10.8 Å². The Morgan fingerprint density at radius 1 is 1.05 bits per heavy atom. The summed E-state index contributed by atoms with van der Waals surface area (Å²) in [6.45, 7) is 0. The van der Waals surface area contributed by atoms with E-state index in [2.05, 4.69) is 4.99 Å². The summed E-state index contributed by atoms with van der Waals surface area (Å²) in [7, 11) is 0. The fourth-order valence-corrected chi connectivity index (χ4v) is 2.94. The van der Waals surface area contributed by atoms with Crippen molar-refractivity contribution in [1.82, 2.24) is 0 Å². The van der Waals surface area contributed by atoms with E-state index in [1.807, 2.05) is 66.9 Å². The predicted octanol–water partition coefficient (Wildman–Crippen LogP) is 4.57. The Morgan fingerprint density at radius 2 is 1.73 bits per heavy atom. The summed E-state index contributed by atoms with van der Waals surface area (Å²) >= 11 is 1.48. The van der Waals surface area contributed by atoms with Crippen molar-refractivity contribution >= 4 is 39.0 Å². The van der Waals surface area contributed by atoms with E-state index in [4.69, 9.17) is 5.73 Å². The highest BCUT2D eigenvalue weighted by Gasteiger charge is 2.14. The lowest BCUT2D eigenvalue weighted by Gasteiger charge is -2.11. The number of phenolic OH excluding ortho intramolecular Hbond substituents is 1. The molecule has 0 fully saturated rings. The Kier molecular flexibility index (Phi) is 4.02. The standard InChI is InChI=1S/C18H16N2OS/c1-22-18(20-13-8-3-2-4-9-13)15-11-12-7-5-6-10-14(12)16(19)17(15)21/h2-11,21H,19H2,1H3. The van der Waals surface area contributed by atoms with Crippen LogP contribution < -0.4 is 5.73 Å². The summed E-state index contributed by atoms with van der Waals surface area (Å²) in [6, 6.07) is 19.4. The lowest BCUT2D eigenvalue weighted by atomic mass is 10.0. The number of aliphatic imine (C=N–C) groups is 1. The molecule has 0 aliphatic heterocycles. The second-order valence-corrected chi connectivity index (χ2v) is 5.66. The molecule has 0 heterocycles. The Balaban J connectivity index is 2.19. The number of aromatic hydroxyl groups is 1. The maximum Gasteiger partial charge on any atom is 0.149 e. The molecule has 0 spiro atoms. The number of hydrogen-bond donors (Lipinski definition) is 2. The molecule has 0 atom stereocenters. The molecule has 0 saturated heterocycles. The highest BCUT2D eigenvalue weighted by molar-refractivity contribution is 8.13. The van der Waals surface area contributed by atoms with Crippen molar-refractivity contribution in [3.05, 3.63) is 66.2 Å². The van der Waals surface area contributed by atoms with E-state index < -0.39 is 0 Å². The van der Waals surface area contributed by atoms with E-state index in [1.54, 1.807) is 0 Å². The minimum Gasteiger partial charge on any atom is -0.505 e. The molecular weight excluding hydrogens is 292 g/mol. The maximum atomic E-state index is 10.5. The molecule has 4 heteroatoms. The van der Waals surface area contributed by atoms with E-state index >= 15 is 0 Å². The normalized spacial score (nSPS) is 11.8. The second kappa shape index (κ2) is 6.12. The Bertz CT molecular complexity index is 844. The molecule has 3 aromatic rings. The van der Waals surface area contributed by atoms with Gasteiger partial charge in [-0.05, 0) is 29.8 Å². The van der Waals surface area contributed by atoms with Crippen LogP contribution in [0.25, 0.3) is 10.8 Å². The van der Waals surface area contributed by atoms with Gasteiger partial charge in [-0.1, -0.05) is 42.5 Å². The van der Waals surface area contributed by atoms with Crippen LogP contribution in [0.1, 0.15) is 5.56 Å². The lowest BCUT2D eigenvalue weighted by Crippen LogP contribution is -1.99. The van der Waals surface area contributed by atoms with Crippen molar-refractivity contribution < 1.29 is 5.11 Å². The minimum atomic E-state index is 0.0859. The van der Waals surface area contributed by atoms with Gasteiger partial charge in [-0.3, -0.25) is 0 Å². The Morgan fingerprint density at radius 3 is 2.45 bits per heavy atom. The molecule has 0 bridgehead atoms. The average molecular weight is 308 g/mol. The number of benzene rings is 3. The molecule has 0 radical (unpaired) electrons. The molecular formula is C18H16N2OS. The number of nitrogens with zero attached hydrogens (tertiary/aromatic N) is 1. The van der Waals surface area contributed by atoms with Crippen molar-refractivity contribution in [2.45, 2.75) is 0 Å². The topological polar surface area (TPSA) is 58.6 Å². The number of para-hydroxylation sites is 1. The van der Waals surface area contributed by atoms with Crippen molar-refractivity contribution in [2.24, 2.45) is 4.99 Å². The first-order valence-corrected chi connectivity index (χ1v) is 8.11. The van der Waals surface area contributed by atoms with Crippen LogP contribution in [-0.2, 0) is 0 Å². The van der Waals surface area contributed by atoms with Gasteiger partial charge in [0.05, 0.1) is 16.9 Å². The Hall–Kier alpha value is -2.46. The first-order chi connectivity index (χ1) is 10.7. The van der Waals surface area contributed by atoms with E-state index in [0.717, 1.165) is 21.5 Å². The summed E-state index contributed by atoms with van der Waals surface area (Å²) in [5.74, 6) is 0.0859. The Labute approximate surface area is 133 Å². The van der Waals surface area contributed by atoms with Crippen LogP contribution in [0.2, 0.25) is 0 Å². The van der Waals surface area contributed by atoms with Crippen molar-refractivity contribution in [3.63, 3.8) is 0 Å². The number of nitrogens with two attached hydrogens (primary N) is 1. The SMILES string of the molecule is CSC(=Nc1ccccc1)c1cc2ccccc2c(N)c1O. The van der Waals surface area contributed by atoms with Gasteiger partial charge in [-0.15, -0.1) is 11.8 Å². The van der Waals surface area contributed by atoms with Gasteiger partial charge in [-0.2, -0.15) is 0 Å². The quantitative estimate of drug-likeness (QED) is 0.315. The third-order valence-electron chi connectivity index (χ3n) is 3.47. The van der Waals surface area contributed by atoms with Crippen LogP contribution in [-0.4, -0.2) is 16.4 Å². The monoisotopic (exact) mass is 308 g/mol. The molecule has 0 aromatic heterocycles. The molecule has 0 aliphatic carbocycles. The summed E-state index contributed by atoms with van der Waals surface area (Å²) in [4.78, 5) is 4.62. The van der Waals surface area contributed by atoms with E-state index in [9.17, 15) is 5.11 Å². The van der Waals surface area contributed by atoms with Crippen LogP contribution in [0, 0.1) is 0 Å². The summed E-state index contributed by atoms with van der Waals surface area (Å²) in [5.41, 5.74) is 7.99. The number of rotatable bonds is 2. The smallest absolute Gasteiger partial charge is 0.149 e. The summed E-state index contributed by atoms with van der Waals surface area (Å²) in [5, 5.41) is 13.0. The zero-order chi connectivity index (χ0) is 15.5. The highest BCUT2D eigenvalue weighted by atomic mass is 32.2. The van der Waals surface area contributed by atoms with Gasteiger partial charge in [-0.25, -0.2) is 4.99 Å². The molecule has 0 saturated carbocycles. The van der Waals surface area contributed by atoms with Gasteiger partial charge >= 0.3 is 0 Å². The third kappa shape index (κ3) is 2.65. The average Bonchev–Trinajstić information content (AvgIpc) is 2.57. The molecule has 0 aliphatic rings. The molecule has 0 unspecified atom stereocenters. The highest BCUT2D eigenvalue weighted by Crippen LogP contribution is 2.36. The lowest BCUT2D eigenvalue weighted by molar-refractivity contribution is 0.478. The first-order valence-electron chi connectivity index (χ1n) is 6.89. The molecule has 3 N–H and O–H groups in total. The number of hydrogen-bond acceptors (Lipinski definition) is 4. The van der Waals surface area contributed by atoms with Crippen LogP contribution in [0.15, 0.2) is 65.7 Å². The van der Waals surface area contributed by atoms with Crippen LogP contribution >= 0.6 is 11.8 Å². The molecule has 110 valence electrons. The van der Waals surface area contributed by atoms with Gasteiger partial charge < -0.3 is 10.8 Å². The number of fused-ring (bicyclic) bond motifs is 1. The van der Waals surface area contributed by atoms with Crippen LogP contribution in [0.3, 0.4) is 0 Å². The van der Waals surface area contributed by atoms with Gasteiger partial charge in [0.2, 0.25) is 0 Å². The van der Waals surface area contributed by atoms with Gasteiger partial charge in [0.15, 0.2) is 0 Å². The second-order valence-electron chi connectivity index (χ2n) is 4.86. The van der Waals surface area contributed by atoms with Crippen molar-refractivity contribution in [1.29, 1.82) is 0 Å². The maximum absolute atomic E-state index is 10.5. The van der Waals surface area contributed by atoms with Crippen molar-refractivity contribution in [2.75, 3.05) is 12.0 Å². The largest absolute Gasteiger partial charge is 0.505 e. The molecule has 3 aromatic carbocycles. The molecule has 3 rings (SSSR count). The number of anilines is 1. The zero-order valence-electron chi connectivity index (χ0n) is 12.2. The first kappa shape index (κ1) is 14.5. The molecule has 22 heavy (non-hydrogen) atoms. The number of nitrogen functional groups attached to an aromatic ring is 1. The molecule has 3 nitrogen and oxygen atoms in total. The minimum absolute atomic E-state index is 0.0859. The van der Waals surface area contributed by atoms with Crippen LogP contribution in [0.4, 0.5) is 11.4 Å². The predicted molar refractivity (Wildman–Crippen MR) is 96.2 cm³/mol. The number of thioether (sulfide) groups is 1. The van der Waals surface area contributed by atoms with Crippen molar-refractivity contribution in [3.8, 4) is 5.75 Å². The van der Waals surface area contributed by atoms with Gasteiger partial charge in [0, 0.05) is 5.39 Å². The third-order valence-corrected chi connectivity index (χ3v) is 4.17. The number of phenols is 1.